The number of carbonyl (C=O) groups is 1. The van der Waals surface area contributed by atoms with Gasteiger partial charge in [0.25, 0.3) is 0 Å². The molecular formula is C13H14BrN3O2. The number of nitrogens with zero attached hydrogens (tertiary/aromatic N) is 2. The molecule has 0 atom stereocenters. The van der Waals surface area contributed by atoms with Crippen molar-refractivity contribution in [3.8, 4) is 5.75 Å². The smallest absolute Gasteiger partial charge is 0.227 e. The van der Waals surface area contributed by atoms with Crippen molar-refractivity contribution in [2.24, 2.45) is 7.05 Å². The zero-order valence-electron chi connectivity index (χ0n) is 10.5. The summed E-state index contributed by atoms with van der Waals surface area (Å²) < 4.78 is 8.10. The number of amides is 1. The monoisotopic (exact) mass is 323 g/mol. The fraction of sp³-hybridized carbons (Fsp3) is 0.231. The van der Waals surface area contributed by atoms with Crippen LogP contribution in [0.5, 0.6) is 5.75 Å². The Balaban J connectivity index is 1.73. The average molecular weight is 324 g/mol. The van der Waals surface area contributed by atoms with E-state index in [0.29, 0.717) is 18.7 Å². The normalized spacial score (nSPS) is 10.2. The van der Waals surface area contributed by atoms with Gasteiger partial charge in [0.2, 0.25) is 5.91 Å². The highest BCUT2D eigenvalue weighted by Crippen LogP contribution is 2.16. The molecule has 0 spiro atoms. The Morgan fingerprint density at radius 3 is 2.79 bits per heavy atom. The van der Waals surface area contributed by atoms with E-state index in [2.05, 4.69) is 26.3 Å². The molecule has 0 saturated carbocycles. The standard InChI is InChI=1S/C13H14BrN3O2/c1-17-9-11(8-15-17)16-13(18)6-7-19-12-4-2-10(14)3-5-12/h2-5,8-9H,6-7H2,1H3,(H,16,18). The summed E-state index contributed by atoms with van der Waals surface area (Å²) in [6, 6.07) is 7.49. The van der Waals surface area contributed by atoms with Crippen molar-refractivity contribution in [3.05, 3.63) is 41.1 Å². The Labute approximate surface area is 119 Å². The Morgan fingerprint density at radius 1 is 1.42 bits per heavy atom. The second kappa shape index (κ2) is 6.38. The zero-order valence-corrected chi connectivity index (χ0v) is 12.1. The molecule has 2 rings (SSSR count). The van der Waals surface area contributed by atoms with Crippen molar-refractivity contribution in [1.29, 1.82) is 0 Å². The fourth-order valence-electron chi connectivity index (χ4n) is 1.50. The van der Waals surface area contributed by atoms with E-state index in [4.69, 9.17) is 4.74 Å². The third-order valence-corrected chi connectivity index (χ3v) is 2.93. The minimum absolute atomic E-state index is 0.0925. The number of ether oxygens (including phenoxy) is 1. The van der Waals surface area contributed by atoms with E-state index < -0.39 is 0 Å². The summed E-state index contributed by atoms with van der Waals surface area (Å²) >= 11 is 3.35. The molecule has 6 heteroatoms. The lowest BCUT2D eigenvalue weighted by Crippen LogP contribution is -2.14. The summed E-state index contributed by atoms with van der Waals surface area (Å²) in [5.74, 6) is 0.655. The highest BCUT2D eigenvalue weighted by molar-refractivity contribution is 9.10. The molecular weight excluding hydrogens is 310 g/mol. The molecule has 1 aromatic carbocycles. The molecule has 5 nitrogen and oxygen atoms in total. The number of anilines is 1. The molecule has 0 bridgehead atoms. The van der Waals surface area contributed by atoms with Crippen LogP contribution in [0.2, 0.25) is 0 Å². The van der Waals surface area contributed by atoms with Gasteiger partial charge in [0, 0.05) is 17.7 Å². The van der Waals surface area contributed by atoms with E-state index >= 15 is 0 Å². The Hall–Kier alpha value is -1.82. The van der Waals surface area contributed by atoms with Crippen LogP contribution in [0.1, 0.15) is 6.42 Å². The molecule has 1 N–H and O–H groups in total. The van der Waals surface area contributed by atoms with Gasteiger partial charge in [-0.2, -0.15) is 5.10 Å². The summed E-state index contributed by atoms with van der Waals surface area (Å²) in [7, 11) is 1.80. The average Bonchev–Trinajstić information content (AvgIpc) is 2.77. The molecule has 2 aromatic rings. The Bertz CT molecular complexity index is 551. The summed E-state index contributed by atoms with van der Waals surface area (Å²) in [6.45, 7) is 0.341. The highest BCUT2D eigenvalue weighted by Gasteiger charge is 2.04. The summed E-state index contributed by atoms with van der Waals surface area (Å²) in [5, 5.41) is 6.72. The van der Waals surface area contributed by atoms with Gasteiger partial charge in [-0.05, 0) is 24.3 Å². The van der Waals surface area contributed by atoms with Gasteiger partial charge < -0.3 is 10.1 Å². The van der Waals surface area contributed by atoms with Crippen LogP contribution in [0.4, 0.5) is 5.69 Å². The first kappa shape index (κ1) is 13.6. The van der Waals surface area contributed by atoms with Crippen LogP contribution in [0.3, 0.4) is 0 Å². The minimum Gasteiger partial charge on any atom is -0.493 e. The summed E-state index contributed by atoms with van der Waals surface area (Å²) in [5.41, 5.74) is 0.691. The van der Waals surface area contributed by atoms with Crippen molar-refractivity contribution in [3.63, 3.8) is 0 Å². The topological polar surface area (TPSA) is 56.2 Å². The predicted octanol–water partition coefficient (Wildman–Crippen LogP) is 2.59. The third-order valence-electron chi connectivity index (χ3n) is 2.40. The summed E-state index contributed by atoms with van der Waals surface area (Å²) in [6.07, 6.45) is 3.64. The van der Waals surface area contributed by atoms with Gasteiger partial charge >= 0.3 is 0 Å². The van der Waals surface area contributed by atoms with Gasteiger partial charge in [0.1, 0.15) is 5.75 Å². The molecule has 100 valence electrons. The minimum atomic E-state index is -0.0925. The van der Waals surface area contributed by atoms with Gasteiger partial charge in [-0.1, -0.05) is 15.9 Å². The fourth-order valence-corrected chi connectivity index (χ4v) is 1.77. The van der Waals surface area contributed by atoms with Gasteiger partial charge in [-0.15, -0.1) is 0 Å². The number of benzene rings is 1. The van der Waals surface area contributed by atoms with E-state index in [1.165, 1.54) is 0 Å². The van der Waals surface area contributed by atoms with Crippen LogP contribution < -0.4 is 10.1 Å². The molecule has 1 aromatic heterocycles. The number of nitrogens with one attached hydrogen (secondary N) is 1. The van der Waals surface area contributed by atoms with E-state index in [1.54, 1.807) is 24.1 Å². The molecule has 0 radical (unpaired) electrons. The van der Waals surface area contributed by atoms with Gasteiger partial charge in [-0.25, -0.2) is 0 Å². The van der Waals surface area contributed by atoms with Crippen molar-refractivity contribution in [2.45, 2.75) is 6.42 Å². The van der Waals surface area contributed by atoms with Crippen LogP contribution in [-0.4, -0.2) is 22.3 Å². The van der Waals surface area contributed by atoms with Crippen molar-refractivity contribution >= 4 is 27.5 Å². The lowest BCUT2D eigenvalue weighted by molar-refractivity contribution is -0.116. The lowest BCUT2D eigenvalue weighted by atomic mass is 10.3. The second-order valence-corrected chi connectivity index (χ2v) is 4.92. The number of hydrogen-bond acceptors (Lipinski definition) is 3. The molecule has 0 aliphatic rings. The Morgan fingerprint density at radius 2 is 2.16 bits per heavy atom. The summed E-state index contributed by atoms with van der Waals surface area (Å²) in [4.78, 5) is 11.6. The van der Waals surface area contributed by atoms with Crippen LogP contribution in [0.15, 0.2) is 41.1 Å². The molecule has 0 unspecified atom stereocenters. The number of rotatable bonds is 5. The van der Waals surface area contributed by atoms with E-state index in [0.717, 1.165) is 10.2 Å². The van der Waals surface area contributed by atoms with Crippen LogP contribution in [0.25, 0.3) is 0 Å². The van der Waals surface area contributed by atoms with Gasteiger partial charge in [0.05, 0.1) is 24.9 Å². The number of halogens is 1. The maximum atomic E-state index is 11.6. The maximum absolute atomic E-state index is 11.6. The molecule has 0 aliphatic carbocycles. The molecule has 1 amide bonds. The van der Waals surface area contributed by atoms with Gasteiger partial charge in [-0.3, -0.25) is 9.48 Å². The van der Waals surface area contributed by atoms with Crippen molar-refractivity contribution in [1.82, 2.24) is 9.78 Å². The maximum Gasteiger partial charge on any atom is 0.227 e. The highest BCUT2D eigenvalue weighted by atomic mass is 79.9. The van der Waals surface area contributed by atoms with E-state index in [-0.39, 0.29) is 5.91 Å². The quantitative estimate of drug-likeness (QED) is 0.920. The second-order valence-electron chi connectivity index (χ2n) is 4.00. The van der Waals surface area contributed by atoms with E-state index in [1.807, 2.05) is 24.3 Å². The predicted molar refractivity (Wildman–Crippen MR) is 76.1 cm³/mol. The number of carbonyl (C=O) groups excluding carboxylic acids is 1. The first-order chi connectivity index (χ1) is 9.13. The molecule has 0 fully saturated rings. The van der Waals surface area contributed by atoms with Gasteiger partial charge in [0.15, 0.2) is 0 Å². The van der Waals surface area contributed by atoms with E-state index in [9.17, 15) is 4.79 Å². The van der Waals surface area contributed by atoms with Crippen LogP contribution >= 0.6 is 15.9 Å². The number of hydrogen-bond donors (Lipinski definition) is 1. The first-order valence-electron chi connectivity index (χ1n) is 5.80. The molecule has 0 saturated heterocycles. The lowest BCUT2D eigenvalue weighted by Gasteiger charge is -2.06. The number of aryl methyl sites for hydroxylation is 1. The van der Waals surface area contributed by atoms with Crippen molar-refractivity contribution < 1.29 is 9.53 Å². The molecule has 19 heavy (non-hydrogen) atoms. The molecule has 1 heterocycles. The van der Waals surface area contributed by atoms with Crippen LogP contribution in [0, 0.1) is 0 Å². The number of aromatic nitrogens is 2. The van der Waals surface area contributed by atoms with Crippen LogP contribution in [-0.2, 0) is 11.8 Å². The molecule has 0 aliphatic heterocycles. The SMILES string of the molecule is Cn1cc(NC(=O)CCOc2ccc(Br)cc2)cn1. The zero-order chi connectivity index (χ0) is 13.7. The van der Waals surface area contributed by atoms with Crippen molar-refractivity contribution in [2.75, 3.05) is 11.9 Å². The third kappa shape index (κ3) is 4.40. The Kier molecular flexibility index (Phi) is 4.57. The largest absolute Gasteiger partial charge is 0.493 e. The first-order valence-corrected chi connectivity index (χ1v) is 6.59.